The molecule has 0 aromatic rings. The van der Waals surface area contributed by atoms with Gasteiger partial charge < -0.3 is 28.3 Å². The minimum absolute atomic E-state index is 0.276. The molecule has 0 spiro atoms. The molecule has 0 unspecified atom stereocenters. The van der Waals surface area contributed by atoms with Gasteiger partial charge in [0.05, 0.1) is 17.8 Å². The summed E-state index contributed by atoms with van der Waals surface area (Å²) in [5, 5.41) is 0. The number of methoxy groups -OCH3 is 2. The van der Waals surface area contributed by atoms with E-state index in [4.69, 9.17) is 28.3 Å². The van der Waals surface area contributed by atoms with E-state index in [2.05, 4.69) is 0 Å². The van der Waals surface area contributed by atoms with Gasteiger partial charge in [-0.3, -0.25) is 0 Å². The normalized spacial score (nSPS) is 40.0. The molecule has 23 heavy (non-hydrogen) atoms. The van der Waals surface area contributed by atoms with Crippen molar-refractivity contribution in [1.29, 1.82) is 0 Å². The Bertz CT molecular complexity index is 449. The fourth-order valence-corrected chi connectivity index (χ4v) is 2.56. The van der Waals surface area contributed by atoms with Crippen LogP contribution in [0.5, 0.6) is 0 Å². The quantitative estimate of drug-likeness (QED) is 0.738. The van der Waals surface area contributed by atoms with Crippen molar-refractivity contribution in [2.45, 2.75) is 70.4 Å². The lowest BCUT2D eigenvalue weighted by atomic mass is 9.89. The van der Waals surface area contributed by atoms with Gasteiger partial charge in [0.25, 0.3) is 0 Å². The molecule has 0 bridgehead atoms. The molecule has 7 heteroatoms. The van der Waals surface area contributed by atoms with E-state index in [-0.39, 0.29) is 17.3 Å². The second kappa shape index (κ2) is 6.13. The third-order valence-electron chi connectivity index (χ3n) is 5.26. The van der Waals surface area contributed by atoms with Gasteiger partial charge in [0, 0.05) is 14.2 Å². The van der Waals surface area contributed by atoms with Crippen LogP contribution in [-0.4, -0.2) is 56.8 Å². The van der Waals surface area contributed by atoms with E-state index in [1.807, 2.05) is 39.7 Å². The van der Waals surface area contributed by atoms with Gasteiger partial charge in [0.2, 0.25) is 11.6 Å². The molecular weight excluding hydrogens is 299 g/mol. The van der Waals surface area contributed by atoms with Crippen LogP contribution in [0, 0.1) is 0 Å². The van der Waals surface area contributed by atoms with E-state index in [1.165, 1.54) is 0 Å². The number of hydrogen-bond donors (Lipinski definition) is 0. The fraction of sp³-hybridized carbons (Fsp3) is 0.875. The Morgan fingerprint density at radius 2 is 1.43 bits per heavy atom. The fourth-order valence-electron chi connectivity index (χ4n) is 2.56. The first-order valence-electron chi connectivity index (χ1n) is 7.95. The number of hydrogen-bond acceptors (Lipinski definition) is 6. The summed E-state index contributed by atoms with van der Waals surface area (Å²) in [6, 6.07) is 0. The lowest BCUT2D eigenvalue weighted by Gasteiger charge is -2.48. The maximum Gasteiger partial charge on any atom is 0.486 e. The summed E-state index contributed by atoms with van der Waals surface area (Å²) in [5.74, 6) is -0.114. The summed E-state index contributed by atoms with van der Waals surface area (Å²) in [4.78, 5) is 0. The second-order valence-electron chi connectivity index (χ2n) is 7.28. The van der Waals surface area contributed by atoms with E-state index < -0.39 is 18.7 Å². The Labute approximate surface area is 139 Å². The molecule has 3 atom stereocenters. The van der Waals surface area contributed by atoms with Crippen LogP contribution in [0.1, 0.15) is 41.5 Å². The molecule has 0 amide bonds. The van der Waals surface area contributed by atoms with Crippen molar-refractivity contribution < 1.29 is 28.3 Å². The summed E-state index contributed by atoms with van der Waals surface area (Å²) in [5.41, 5.74) is -0.719. The Kier molecular flexibility index (Phi) is 5.04. The maximum atomic E-state index is 6.02. The molecule has 132 valence electrons. The van der Waals surface area contributed by atoms with Gasteiger partial charge in [-0.25, -0.2) is 0 Å². The molecule has 2 aliphatic heterocycles. The van der Waals surface area contributed by atoms with E-state index in [9.17, 15) is 0 Å². The molecular formula is C16H29BO6. The largest absolute Gasteiger partial charge is 0.486 e. The predicted octanol–water partition coefficient (Wildman–Crippen LogP) is 2.31. The summed E-state index contributed by atoms with van der Waals surface area (Å²) in [7, 11) is 2.73. The molecule has 0 aliphatic carbocycles. The Morgan fingerprint density at radius 1 is 0.913 bits per heavy atom. The van der Waals surface area contributed by atoms with E-state index in [0.717, 1.165) is 0 Å². The molecule has 0 N–H and O–H groups in total. The van der Waals surface area contributed by atoms with E-state index in [0.29, 0.717) is 6.61 Å². The molecule has 2 saturated heterocycles. The summed E-state index contributed by atoms with van der Waals surface area (Å²) in [6.07, 6.45) is 1.61. The summed E-state index contributed by atoms with van der Waals surface area (Å²) >= 11 is 0. The van der Waals surface area contributed by atoms with Gasteiger partial charge >= 0.3 is 7.12 Å². The highest BCUT2D eigenvalue weighted by atomic mass is 16.8. The van der Waals surface area contributed by atoms with Crippen molar-refractivity contribution in [3.63, 3.8) is 0 Å². The third-order valence-corrected chi connectivity index (χ3v) is 5.26. The molecule has 0 radical (unpaired) electrons. The SMILES string of the molecule is CO[C@]1(C)OC[C@H](/C=C/B2OC(C)(C)C(C)(C)O2)O[C@@]1(C)OC. The van der Waals surface area contributed by atoms with Crippen molar-refractivity contribution in [3.8, 4) is 0 Å². The molecule has 2 rings (SSSR count). The molecule has 2 heterocycles. The molecule has 0 aromatic heterocycles. The first kappa shape index (κ1) is 18.9. The summed E-state index contributed by atoms with van der Waals surface area (Å²) < 4.78 is 34.6. The highest BCUT2D eigenvalue weighted by molar-refractivity contribution is 6.51. The highest BCUT2D eigenvalue weighted by Crippen LogP contribution is 2.38. The summed E-state index contributed by atoms with van der Waals surface area (Å²) in [6.45, 7) is 12.0. The second-order valence-corrected chi connectivity index (χ2v) is 7.28. The number of ether oxygens (including phenoxy) is 4. The van der Waals surface area contributed by atoms with Gasteiger partial charge in [-0.1, -0.05) is 12.1 Å². The first-order valence-corrected chi connectivity index (χ1v) is 7.95. The standard InChI is InChI=1S/C16H29BO6/c1-13(2)14(3,4)23-17(22-13)10-9-12-11-20-15(5,18-7)16(6,19-8)21-12/h9-10,12H,11H2,1-8H3/b10-9+/t12-,15+,16+/m0/s1. The van der Waals surface area contributed by atoms with Crippen LogP contribution in [0.25, 0.3) is 0 Å². The van der Waals surface area contributed by atoms with Crippen LogP contribution in [0.4, 0.5) is 0 Å². The average molecular weight is 328 g/mol. The van der Waals surface area contributed by atoms with E-state index >= 15 is 0 Å². The molecule has 2 fully saturated rings. The van der Waals surface area contributed by atoms with Crippen LogP contribution >= 0.6 is 0 Å². The van der Waals surface area contributed by atoms with Crippen LogP contribution < -0.4 is 0 Å². The molecule has 0 saturated carbocycles. The van der Waals surface area contributed by atoms with Gasteiger partial charge in [-0.2, -0.15) is 0 Å². The smallest absolute Gasteiger partial charge is 0.400 e. The van der Waals surface area contributed by atoms with Crippen molar-refractivity contribution >= 4 is 7.12 Å². The minimum Gasteiger partial charge on any atom is -0.400 e. The van der Waals surface area contributed by atoms with Crippen molar-refractivity contribution in [1.82, 2.24) is 0 Å². The van der Waals surface area contributed by atoms with Gasteiger partial charge in [0.15, 0.2) is 0 Å². The van der Waals surface area contributed by atoms with Crippen LogP contribution in [0.15, 0.2) is 12.1 Å². The topological polar surface area (TPSA) is 55.4 Å². The lowest BCUT2D eigenvalue weighted by molar-refractivity contribution is -0.425. The zero-order chi connectivity index (χ0) is 17.5. The van der Waals surface area contributed by atoms with Gasteiger partial charge in [0.1, 0.15) is 6.10 Å². The average Bonchev–Trinajstić information content (AvgIpc) is 2.68. The molecule has 2 aliphatic rings. The van der Waals surface area contributed by atoms with Crippen LogP contribution in [0.2, 0.25) is 0 Å². The minimum atomic E-state index is -1.01. The Morgan fingerprint density at radius 3 is 1.91 bits per heavy atom. The van der Waals surface area contributed by atoms with Crippen molar-refractivity contribution in [3.05, 3.63) is 12.1 Å². The molecule has 0 aromatic carbocycles. The van der Waals surface area contributed by atoms with E-state index in [1.54, 1.807) is 28.1 Å². The van der Waals surface area contributed by atoms with Crippen LogP contribution in [0.3, 0.4) is 0 Å². The van der Waals surface area contributed by atoms with Crippen molar-refractivity contribution in [2.75, 3.05) is 20.8 Å². The highest BCUT2D eigenvalue weighted by Gasteiger charge is 2.53. The Balaban J connectivity index is 2.03. The predicted molar refractivity (Wildman–Crippen MR) is 86.9 cm³/mol. The third kappa shape index (κ3) is 3.36. The van der Waals surface area contributed by atoms with Crippen molar-refractivity contribution in [2.24, 2.45) is 0 Å². The lowest BCUT2D eigenvalue weighted by Crippen LogP contribution is -2.62. The monoisotopic (exact) mass is 328 g/mol. The zero-order valence-electron chi connectivity index (χ0n) is 15.5. The molecule has 6 nitrogen and oxygen atoms in total. The van der Waals surface area contributed by atoms with Gasteiger partial charge in [-0.05, 0) is 41.5 Å². The zero-order valence-corrected chi connectivity index (χ0v) is 15.5. The Hall–Kier alpha value is -0.435. The number of rotatable bonds is 4. The first-order chi connectivity index (χ1) is 10.5. The maximum absolute atomic E-state index is 6.02. The van der Waals surface area contributed by atoms with Crippen LogP contribution in [-0.2, 0) is 28.3 Å². The van der Waals surface area contributed by atoms with Gasteiger partial charge in [-0.15, -0.1) is 0 Å².